The molecule has 0 spiro atoms. The van der Waals surface area contributed by atoms with Gasteiger partial charge in [0.1, 0.15) is 5.75 Å². The molecule has 0 unspecified atom stereocenters. The molecule has 0 fully saturated rings. The molecule has 0 heterocycles. The number of carbonyl (C=O) groups is 1. The first-order chi connectivity index (χ1) is 8.45. The summed E-state index contributed by atoms with van der Waals surface area (Å²) in [5.74, 6) is 0.438. The van der Waals surface area contributed by atoms with Crippen molar-refractivity contribution in [2.45, 2.75) is 13.8 Å². The number of nitrogens with one attached hydrogen (secondary N) is 1. The predicted octanol–water partition coefficient (Wildman–Crippen LogP) is 3.27. The third kappa shape index (κ3) is 4.29. The number of benzene rings is 1. The zero-order chi connectivity index (χ0) is 13.7. The molecule has 4 nitrogen and oxygen atoms in total. The number of carbonyl (C=O) groups excluding carboxylic acids is 1. The number of rotatable bonds is 5. The molecule has 0 aliphatic heterocycles. The van der Waals surface area contributed by atoms with Crippen molar-refractivity contribution in [1.82, 2.24) is 5.48 Å². The number of hydroxylamine groups is 1. The Morgan fingerprint density at radius 2 is 2.17 bits per heavy atom. The summed E-state index contributed by atoms with van der Waals surface area (Å²) in [7, 11) is 1.51. The Bertz CT molecular complexity index is 438. The highest BCUT2D eigenvalue weighted by Gasteiger charge is 2.15. The van der Waals surface area contributed by atoms with Gasteiger partial charge in [0.2, 0.25) is 0 Å². The molecule has 0 radical (unpaired) electrons. The van der Waals surface area contributed by atoms with Crippen molar-refractivity contribution in [1.29, 1.82) is 0 Å². The quantitative estimate of drug-likeness (QED) is 0.627. The molecule has 1 aromatic rings. The van der Waals surface area contributed by atoms with E-state index in [0.717, 1.165) is 3.57 Å². The van der Waals surface area contributed by atoms with E-state index in [2.05, 4.69) is 28.1 Å². The highest BCUT2D eigenvalue weighted by molar-refractivity contribution is 14.1. The molecule has 0 saturated carbocycles. The van der Waals surface area contributed by atoms with Gasteiger partial charge in [-0.25, -0.2) is 5.48 Å². The maximum atomic E-state index is 11.9. The van der Waals surface area contributed by atoms with Gasteiger partial charge < -0.3 is 4.74 Å². The van der Waals surface area contributed by atoms with Crippen molar-refractivity contribution in [3.8, 4) is 5.75 Å². The molecule has 18 heavy (non-hydrogen) atoms. The van der Waals surface area contributed by atoms with Gasteiger partial charge in [-0.3, -0.25) is 9.63 Å². The molecule has 0 aliphatic rings. The highest BCUT2D eigenvalue weighted by Crippen LogP contribution is 2.28. The van der Waals surface area contributed by atoms with E-state index in [4.69, 9.17) is 21.2 Å². The first-order valence-corrected chi connectivity index (χ1v) is 6.86. The van der Waals surface area contributed by atoms with Crippen molar-refractivity contribution < 1.29 is 14.4 Å². The number of hydrogen-bond acceptors (Lipinski definition) is 3. The van der Waals surface area contributed by atoms with Crippen molar-refractivity contribution in [3.63, 3.8) is 0 Å². The van der Waals surface area contributed by atoms with Gasteiger partial charge in [-0.05, 0) is 40.6 Å². The lowest BCUT2D eigenvalue weighted by molar-refractivity contribution is 0.0206. The molecule has 0 aromatic heterocycles. The minimum Gasteiger partial charge on any atom is -0.496 e. The van der Waals surface area contributed by atoms with E-state index in [1.54, 1.807) is 12.1 Å². The van der Waals surface area contributed by atoms with Crippen molar-refractivity contribution in [2.24, 2.45) is 5.92 Å². The van der Waals surface area contributed by atoms with Gasteiger partial charge in [0.25, 0.3) is 5.91 Å². The van der Waals surface area contributed by atoms with Crippen LogP contribution in [-0.4, -0.2) is 19.6 Å². The van der Waals surface area contributed by atoms with Crippen LogP contribution in [0.2, 0.25) is 5.02 Å². The lowest BCUT2D eigenvalue weighted by Crippen LogP contribution is -2.26. The lowest BCUT2D eigenvalue weighted by Gasteiger charge is -2.11. The van der Waals surface area contributed by atoms with Crippen LogP contribution in [0.3, 0.4) is 0 Å². The number of methoxy groups -OCH3 is 1. The SMILES string of the molecule is COc1cc(I)c(Cl)cc1C(=O)NOCC(C)C. The van der Waals surface area contributed by atoms with E-state index < -0.39 is 0 Å². The van der Waals surface area contributed by atoms with E-state index in [9.17, 15) is 4.79 Å². The van der Waals surface area contributed by atoms with Gasteiger partial charge in [0, 0.05) is 3.57 Å². The lowest BCUT2D eigenvalue weighted by atomic mass is 10.2. The van der Waals surface area contributed by atoms with E-state index >= 15 is 0 Å². The highest BCUT2D eigenvalue weighted by atomic mass is 127. The van der Waals surface area contributed by atoms with E-state index in [1.165, 1.54) is 7.11 Å². The third-order valence-electron chi connectivity index (χ3n) is 2.07. The van der Waals surface area contributed by atoms with Gasteiger partial charge in [-0.1, -0.05) is 25.4 Å². The predicted molar refractivity (Wildman–Crippen MR) is 79.0 cm³/mol. The Labute approximate surface area is 125 Å². The van der Waals surface area contributed by atoms with Gasteiger partial charge in [0.15, 0.2) is 0 Å². The number of ether oxygens (including phenoxy) is 1. The Hall–Kier alpha value is -0.530. The molecule has 1 aromatic carbocycles. The second kappa shape index (κ2) is 7.16. The first-order valence-electron chi connectivity index (χ1n) is 5.40. The van der Waals surface area contributed by atoms with Crippen LogP contribution in [-0.2, 0) is 4.84 Å². The molecule has 1 amide bonds. The normalized spacial score (nSPS) is 10.6. The first kappa shape index (κ1) is 15.5. The van der Waals surface area contributed by atoms with Crippen LogP contribution in [0, 0.1) is 9.49 Å². The molecule has 0 atom stereocenters. The van der Waals surface area contributed by atoms with E-state index in [1.807, 2.05) is 13.8 Å². The number of halogens is 2. The van der Waals surface area contributed by atoms with Crippen LogP contribution in [0.25, 0.3) is 0 Å². The minimum atomic E-state index is -0.370. The summed E-state index contributed by atoms with van der Waals surface area (Å²) < 4.78 is 5.97. The fourth-order valence-corrected chi connectivity index (χ4v) is 1.81. The topological polar surface area (TPSA) is 47.6 Å². The molecular weight excluding hydrogens is 368 g/mol. The van der Waals surface area contributed by atoms with E-state index in [0.29, 0.717) is 28.9 Å². The maximum Gasteiger partial charge on any atom is 0.278 e. The molecule has 0 aliphatic carbocycles. The van der Waals surface area contributed by atoms with Crippen LogP contribution in [0.1, 0.15) is 24.2 Å². The molecule has 1 N–H and O–H groups in total. The second-order valence-electron chi connectivity index (χ2n) is 4.10. The van der Waals surface area contributed by atoms with Crippen LogP contribution >= 0.6 is 34.2 Å². The third-order valence-corrected chi connectivity index (χ3v) is 3.59. The fourth-order valence-electron chi connectivity index (χ4n) is 1.20. The smallest absolute Gasteiger partial charge is 0.278 e. The largest absolute Gasteiger partial charge is 0.496 e. The molecule has 0 saturated heterocycles. The maximum absolute atomic E-state index is 11.9. The summed E-state index contributed by atoms with van der Waals surface area (Å²) in [4.78, 5) is 17.0. The van der Waals surface area contributed by atoms with Crippen molar-refractivity contribution >= 4 is 40.1 Å². The molecule has 6 heteroatoms. The van der Waals surface area contributed by atoms with Crippen LogP contribution in [0.4, 0.5) is 0 Å². The average molecular weight is 384 g/mol. The second-order valence-corrected chi connectivity index (χ2v) is 5.67. The summed E-state index contributed by atoms with van der Waals surface area (Å²) >= 11 is 8.06. The number of amides is 1. The summed E-state index contributed by atoms with van der Waals surface area (Å²) in [5.41, 5.74) is 2.73. The molecule has 100 valence electrons. The van der Waals surface area contributed by atoms with Gasteiger partial charge in [-0.15, -0.1) is 0 Å². The Balaban J connectivity index is 2.81. The zero-order valence-electron chi connectivity index (χ0n) is 10.4. The minimum absolute atomic E-state index is 0.340. The van der Waals surface area contributed by atoms with Gasteiger partial charge >= 0.3 is 0 Å². The average Bonchev–Trinajstić information content (AvgIpc) is 2.31. The Morgan fingerprint density at radius 3 is 2.72 bits per heavy atom. The van der Waals surface area contributed by atoms with Gasteiger partial charge in [0.05, 0.1) is 24.3 Å². The molecule has 0 bridgehead atoms. The zero-order valence-corrected chi connectivity index (χ0v) is 13.3. The standard InChI is InChI=1S/C12H15ClINO3/c1-7(2)6-18-15-12(16)8-4-9(13)10(14)5-11(8)17-3/h4-5,7H,6H2,1-3H3,(H,15,16). The number of hydrogen-bond donors (Lipinski definition) is 1. The van der Waals surface area contributed by atoms with Gasteiger partial charge in [-0.2, -0.15) is 0 Å². The summed E-state index contributed by atoms with van der Waals surface area (Å²) in [6.07, 6.45) is 0. The van der Waals surface area contributed by atoms with Crippen LogP contribution in [0.15, 0.2) is 12.1 Å². The monoisotopic (exact) mass is 383 g/mol. The molecule has 1 rings (SSSR count). The summed E-state index contributed by atoms with van der Waals surface area (Å²) in [6, 6.07) is 3.27. The van der Waals surface area contributed by atoms with Crippen LogP contribution in [0.5, 0.6) is 5.75 Å². The summed E-state index contributed by atoms with van der Waals surface area (Å²) in [6.45, 7) is 4.44. The molecular formula is C12H15ClINO3. The Morgan fingerprint density at radius 1 is 1.50 bits per heavy atom. The van der Waals surface area contributed by atoms with Crippen LogP contribution < -0.4 is 10.2 Å². The van der Waals surface area contributed by atoms with Crippen molar-refractivity contribution in [2.75, 3.05) is 13.7 Å². The fraction of sp³-hybridized carbons (Fsp3) is 0.417. The van der Waals surface area contributed by atoms with Crippen molar-refractivity contribution in [3.05, 3.63) is 26.3 Å². The Kier molecular flexibility index (Phi) is 6.17. The summed E-state index contributed by atoms with van der Waals surface area (Å²) in [5, 5.41) is 0.505. The van der Waals surface area contributed by atoms with E-state index in [-0.39, 0.29) is 5.91 Å².